The van der Waals surface area contributed by atoms with E-state index in [0.717, 1.165) is 6.26 Å². The molecule has 0 saturated carbocycles. The molecule has 5 nitrogen and oxygen atoms in total. The molecular weight excluding hydrogens is 309 g/mol. The van der Waals surface area contributed by atoms with E-state index >= 15 is 0 Å². The van der Waals surface area contributed by atoms with Gasteiger partial charge in [0.15, 0.2) is 15.6 Å². The number of aromatic hydroxyl groups is 1. The number of nitrogens with two attached hydrogens (primary N) is 1. The number of sulfone groups is 1. The molecule has 0 unspecified atom stereocenters. The third kappa shape index (κ3) is 2.29. The molecule has 2 aromatic carbocycles. The van der Waals surface area contributed by atoms with Crippen molar-refractivity contribution in [2.45, 2.75) is 4.90 Å². The van der Waals surface area contributed by atoms with Gasteiger partial charge in [-0.2, -0.15) is 0 Å². The number of phenols is 1. The summed E-state index contributed by atoms with van der Waals surface area (Å²) < 4.78 is 41.8. The van der Waals surface area contributed by atoms with Crippen molar-refractivity contribution < 1.29 is 22.3 Å². The van der Waals surface area contributed by atoms with Crippen LogP contribution in [-0.4, -0.2) is 19.8 Å². The molecule has 0 spiro atoms. The lowest BCUT2D eigenvalue weighted by atomic mass is 10.1. The second-order valence-corrected chi connectivity index (χ2v) is 6.92. The van der Waals surface area contributed by atoms with E-state index in [4.69, 9.17) is 10.2 Å². The van der Waals surface area contributed by atoms with Crippen LogP contribution in [0.3, 0.4) is 0 Å². The van der Waals surface area contributed by atoms with E-state index in [0.29, 0.717) is 16.7 Å². The molecule has 3 rings (SSSR count). The lowest BCUT2D eigenvalue weighted by molar-refractivity contribution is 0.459. The second-order valence-electron chi connectivity index (χ2n) is 4.94. The Kier molecular flexibility index (Phi) is 3.10. The molecule has 0 aliphatic carbocycles. The zero-order valence-electron chi connectivity index (χ0n) is 11.5. The molecule has 1 heterocycles. The van der Waals surface area contributed by atoms with Crippen LogP contribution >= 0.6 is 0 Å². The summed E-state index contributed by atoms with van der Waals surface area (Å²) >= 11 is 0. The van der Waals surface area contributed by atoms with Crippen LogP contribution in [0.4, 0.5) is 10.1 Å². The minimum Gasteiger partial charge on any atom is -0.507 e. The van der Waals surface area contributed by atoms with Crippen molar-refractivity contribution in [2.24, 2.45) is 0 Å². The van der Waals surface area contributed by atoms with Gasteiger partial charge < -0.3 is 15.3 Å². The number of hydrogen-bond acceptors (Lipinski definition) is 5. The van der Waals surface area contributed by atoms with E-state index in [-0.39, 0.29) is 16.2 Å². The van der Waals surface area contributed by atoms with Crippen molar-refractivity contribution in [3.63, 3.8) is 0 Å². The number of hydrogen-bond donors (Lipinski definition) is 2. The molecule has 1 aromatic heterocycles. The van der Waals surface area contributed by atoms with Crippen molar-refractivity contribution in [3.05, 3.63) is 42.2 Å². The Balaban J connectivity index is 2.27. The van der Waals surface area contributed by atoms with Crippen molar-refractivity contribution in [2.75, 3.05) is 12.0 Å². The minimum absolute atomic E-state index is 0.232. The van der Waals surface area contributed by atoms with Gasteiger partial charge in [-0.05, 0) is 30.3 Å². The summed E-state index contributed by atoms with van der Waals surface area (Å²) in [6.45, 7) is 0. The van der Waals surface area contributed by atoms with Gasteiger partial charge in [-0.15, -0.1) is 0 Å². The number of benzene rings is 2. The summed E-state index contributed by atoms with van der Waals surface area (Å²) in [7, 11) is -3.60. The average molecular weight is 321 g/mol. The van der Waals surface area contributed by atoms with E-state index in [1.165, 1.54) is 36.4 Å². The summed E-state index contributed by atoms with van der Waals surface area (Å²) in [5.74, 6) is -0.497. The van der Waals surface area contributed by atoms with Crippen LogP contribution in [0.1, 0.15) is 0 Å². The van der Waals surface area contributed by atoms with Crippen LogP contribution in [-0.2, 0) is 9.84 Å². The van der Waals surface area contributed by atoms with Gasteiger partial charge in [0.2, 0.25) is 0 Å². The highest BCUT2D eigenvalue weighted by molar-refractivity contribution is 7.90. The largest absolute Gasteiger partial charge is 0.507 e. The maximum atomic E-state index is 13.0. The summed E-state index contributed by atoms with van der Waals surface area (Å²) in [5.41, 5.74) is 7.02. The summed E-state index contributed by atoms with van der Waals surface area (Å²) in [4.78, 5) is -0.237. The highest BCUT2D eigenvalue weighted by Crippen LogP contribution is 2.39. The molecule has 0 aliphatic heterocycles. The Morgan fingerprint density at radius 3 is 2.41 bits per heavy atom. The third-order valence-corrected chi connectivity index (χ3v) is 4.44. The van der Waals surface area contributed by atoms with Crippen LogP contribution in [0, 0.1) is 5.82 Å². The standard InChI is InChI=1S/C15H12FNO4S/c1-22(19,20)13-7-12-10(6-11(13)18)14(17)15(21-12)8-2-4-9(16)5-3-8/h2-7,18H,17H2,1H3. The maximum absolute atomic E-state index is 13.0. The Morgan fingerprint density at radius 2 is 1.82 bits per heavy atom. The molecule has 22 heavy (non-hydrogen) atoms. The summed E-state index contributed by atoms with van der Waals surface area (Å²) in [5, 5.41) is 10.3. The molecule has 0 amide bonds. The van der Waals surface area contributed by atoms with Gasteiger partial charge in [0, 0.05) is 23.3 Å². The normalized spacial score (nSPS) is 11.9. The Bertz CT molecular complexity index is 975. The Hall–Kier alpha value is -2.54. The fraction of sp³-hybridized carbons (Fsp3) is 0.0667. The van der Waals surface area contributed by atoms with Gasteiger partial charge in [-0.3, -0.25) is 0 Å². The summed E-state index contributed by atoms with van der Waals surface area (Å²) in [6, 6.07) is 8.01. The van der Waals surface area contributed by atoms with Crippen molar-refractivity contribution in [3.8, 4) is 17.1 Å². The van der Waals surface area contributed by atoms with Crippen molar-refractivity contribution in [1.82, 2.24) is 0 Å². The zero-order valence-corrected chi connectivity index (χ0v) is 12.3. The van der Waals surface area contributed by atoms with Crippen LogP contribution in [0.15, 0.2) is 45.7 Å². The van der Waals surface area contributed by atoms with Crippen LogP contribution in [0.5, 0.6) is 5.75 Å². The molecule has 0 bridgehead atoms. The number of fused-ring (bicyclic) bond motifs is 1. The van der Waals surface area contributed by atoms with E-state index in [9.17, 15) is 17.9 Å². The lowest BCUT2D eigenvalue weighted by Crippen LogP contribution is -1.97. The van der Waals surface area contributed by atoms with E-state index < -0.39 is 21.4 Å². The molecule has 7 heteroatoms. The fourth-order valence-corrected chi connectivity index (χ4v) is 3.00. The zero-order chi connectivity index (χ0) is 16.1. The van der Waals surface area contributed by atoms with Crippen LogP contribution < -0.4 is 5.73 Å². The molecule has 3 N–H and O–H groups in total. The van der Waals surface area contributed by atoms with Crippen LogP contribution in [0.2, 0.25) is 0 Å². The molecule has 114 valence electrons. The first-order valence-corrected chi connectivity index (χ1v) is 8.17. The summed E-state index contributed by atoms with van der Waals surface area (Å²) in [6.07, 6.45) is 0.987. The van der Waals surface area contributed by atoms with Crippen molar-refractivity contribution >= 4 is 26.5 Å². The van der Waals surface area contributed by atoms with Crippen LogP contribution in [0.25, 0.3) is 22.3 Å². The topological polar surface area (TPSA) is 93.5 Å². The van der Waals surface area contributed by atoms with E-state index in [1.807, 2.05) is 0 Å². The predicted octanol–water partition coefficient (Wildman–Crippen LogP) is 2.93. The van der Waals surface area contributed by atoms with Gasteiger partial charge in [-0.25, -0.2) is 12.8 Å². The number of halogens is 1. The quantitative estimate of drug-likeness (QED) is 0.757. The predicted molar refractivity (Wildman–Crippen MR) is 80.8 cm³/mol. The Labute approximate surface area is 125 Å². The fourth-order valence-electron chi connectivity index (χ4n) is 2.24. The molecular formula is C15H12FNO4S. The number of phenolic OH excluding ortho intramolecular Hbond substituents is 1. The van der Waals surface area contributed by atoms with Crippen molar-refractivity contribution in [1.29, 1.82) is 0 Å². The number of nitrogen functional groups attached to an aromatic ring is 1. The molecule has 0 aliphatic rings. The first kappa shape index (κ1) is 14.4. The first-order valence-electron chi connectivity index (χ1n) is 6.28. The number of rotatable bonds is 2. The molecule has 0 fully saturated rings. The number of furan rings is 1. The molecule has 3 aromatic rings. The smallest absolute Gasteiger partial charge is 0.179 e. The monoisotopic (exact) mass is 321 g/mol. The second kappa shape index (κ2) is 4.74. The van der Waals surface area contributed by atoms with Gasteiger partial charge in [0.25, 0.3) is 0 Å². The van der Waals surface area contributed by atoms with Gasteiger partial charge in [0.1, 0.15) is 22.0 Å². The maximum Gasteiger partial charge on any atom is 0.179 e. The highest BCUT2D eigenvalue weighted by Gasteiger charge is 2.20. The highest BCUT2D eigenvalue weighted by atomic mass is 32.2. The van der Waals surface area contributed by atoms with Gasteiger partial charge in [0.05, 0.1) is 5.69 Å². The third-order valence-electron chi connectivity index (χ3n) is 3.31. The lowest BCUT2D eigenvalue weighted by Gasteiger charge is -2.01. The SMILES string of the molecule is CS(=O)(=O)c1cc2oc(-c3ccc(F)cc3)c(N)c2cc1O. The average Bonchev–Trinajstić information content (AvgIpc) is 2.75. The number of anilines is 1. The Morgan fingerprint density at radius 1 is 1.18 bits per heavy atom. The van der Waals surface area contributed by atoms with Gasteiger partial charge >= 0.3 is 0 Å². The minimum atomic E-state index is -3.60. The molecule has 0 saturated heterocycles. The van der Waals surface area contributed by atoms with E-state index in [2.05, 4.69) is 0 Å². The van der Waals surface area contributed by atoms with Gasteiger partial charge in [-0.1, -0.05) is 0 Å². The molecule has 0 radical (unpaired) electrons. The molecule has 0 atom stereocenters. The van der Waals surface area contributed by atoms with E-state index in [1.54, 1.807) is 0 Å². The first-order chi connectivity index (χ1) is 10.3.